The molecule has 1 aliphatic rings. The fourth-order valence-corrected chi connectivity index (χ4v) is 2.37. The van der Waals surface area contributed by atoms with Gasteiger partial charge >= 0.3 is 5.97 Å². The Hall–Kier alpha value is -2.29. The van der Waals surface area contributed by atoms with E-state index in [2.05, 4.69) is 26.7 Å². The fourth-order valence-electron chi connectivity index (χ4n) is 2.37. The summed E-state index contributed by atoms with van der Waals surface area (Å²) in [6.45, 7) is 5.90. The summed E-state index contributed by atoms with van der Waals surface area (Å²) in [6, 6.07) is 1.81. The molecule has 1 aliphatic heterocycles. The zero-order chi connectivity index (χ0) is 15.8. The van der Waals surface area contributed by atoms with E-state index in [1.165, 1.54) is 6.33 Å². The molecule has 1 aromatic heterocycles. The molecule has 0 amide bonds. The SMILES string of the molecule is CC#CCOc1cc(N2CCC(C(=O)OCC)CC2)ncn1. The molecule has 1 fully saturated rings. The summed E-state index contributed by atoms with van der Waals surface area (Å²) in [4.78, 5) is 22.2. The van der Waals surface area contributed by atoms with Gasteiger partial charge in [0.15, 0.2) is 6.61 Å². The van der Waals surface area contributed by atoms with Crippen LogP contribution in [-0.2, 0) is 9.53 Å². The van der Waals surface area contributed by atoms with Crippen LogP contribution in [0.3, 0.4) is 0 Å². The highest BCUT2D eigenvalue weighted by Crippen LogP contribution is 2.24. The Morgan fingerprint density at radius 1 is 1.41 bits per heavy atom. The molecule has 0 aliphatic carbocycles. The van der Waals surface area contributed by atoms with Crippen LogP contribution >= 0.6 is 0 Å². The maximum atomic E-state index is 11.7. The van der Waals surface area contributed by atoms with E-state index >= 15 is 0 Å². The smallest absolute Gasteiger partial charge is 0.309 e. The minimum atomic E-state index is -0.0907. The molecule has 0 aromatic carbocycles. The maximum Gasteiger partial charge on any atom is 0.309 e. The summed E-state index contributed by atoms with van der Waals surface area (Å²) in [6.07, 6.45) is 3.04. The third kappa shape index (κ3) is 4.35. The number of rotatable bonds is 5. The van der Waals surface area contributed by atoms with Gasteiger partial charge in [-0.05, 0) is 26.7 Å². The number of hydrogen-bond acceptors (Lipinski definition) is 6. The first kappa shape index (κ1) is 16.1. The summed E-state index contributed by atoms with van der Waals surface area (Å²) in [5.41, 5.74) is 0. The van der Waals surface area contributed by atoms with Gasteiger partial charge in [-0.1, -0.05) is 5.92 Å². The van der Waals surface area contributed by atoms with Crippen LogP contribution in [0.4, 0.5) is 5.82 Å². The van der Waals surface area contributed by atoms with Crippen LogP contribution < -0.4 is 9.64 Å². The average Bonchev–Trinajstić information content (AvgIpc) is 2.56. The predicted octanol–water partition coefficient (Wildman–Crippen LogP) is 1.66. The molecule has 0 radical (unpaired) electrons. The Labute approximate surface area is 130 Å². The topological polar surface area (TPSA) is 64.5 Å². The molecule has 0 unspecified atom stereocenters. The van der Waals surface area contributed by atoms with Gasteiger partial charge in [-0.15, -0.1) is 5.92 Å². The number of carbonyl (C=O) groups excluding carboxylic acids is 1. The van der Waals surface area contributed by atoms with Crippen LogP contribution in [0, 0.1) is 17.8 Å². The lowest BCUT2D eigenvalue weighted by Gasteiger charge is -2.31. The zero-order valence-electron chi connectivity index (χ0n) is 13.0. The second kappa shape index (κ2) is 8.23. The third-order valence-corrected chi connectivity index (χ3v) is 3.54. The molecule has 1 saturated heterocycles. The molecule has 0 saturated carbocycles. The van der Waals surface area contributed by atoms with Crippen LogP contribution in [0.15, 0.2) is 12.4 Å². The summed E-state index contributed by atoms with van der Waals surface area (Å²) in [5, 5.41) is 0. The van der Waals surface area contributed by atoms with Gasteiger partial charge in [0.25, 0.3) is 0 Å². The molecule has 0 bridgehead atoms. The lowest BCUT2D eigenvalue weighted by molar-refractivity contribution is -0.148. The molecular weight excluding hydrogens is 282 g/mol. The molecule has 22 heavy (non-hydrogen) atoms. The normalized spacial score (nSPS) is 14.9. The van der Waals surface area contributed by atoms with Crippen LogP contribution in [0.2, 0.25) is 0 Å². The maximum absolute atomic E-state index is 11.7. The predicted molar refractivity (Wildman–Crippen MR) is 82.5 cm³/mol. The van der Waals surface area contributed by atoms with E-state index in [0.717, 1.165) is 31.7 Å². The van der Waals surface area contributed by atoms with Gasteiger partial charge in [-0.2, -0.15) is 0 Å². The summed E-state index contributed by atoms with van der Waals surface area (Å²) < 4.78 is 10.5. The number of anilines is 1. The van der Waals surface area contributed by atoms with Gasteiger partial charge in [0.1, 0.15) is 12.1 Å². The first-order valence-electron chi connectivity index (χ1n) is 7.50. The van der Waals surface area contributed by atoms with Crippen molar-refractivity contribution in [3.63, 3.8) is 0 Å². The van der Waals surface area contributed by atoms with Crippen molar-refractivity contribution in [3.05, 3.63) is 12.4 Å². The monoisotopic (exact) mass is 303 g/mol. The van der Waals surface area contributed by atoms with Crippen molar-refractivity contribution < 1.29 is 14.3 Å². The highest BCUT2D eigenvalue weighted by molar-refractivity contribution is 5.72. The Bertz CT molecular complexity index is 557. The van der Waals surface area contributed by atoms with Crippen molar-refractivity contribution in [2.24, 2.45) is 5.92 Å². The highest BCUT2D eigenvalue weighted by Gasteiger charge is 2.26. The fraction of sp³-hybridized carbons (Fsp3) is 0.562. The molecular formula is C16H21N3O3. The largest absolute Gasteiger partial charge is 0.466 e. The second-order valence-corrected chi connectivity index (χ2v) is 4.94. The van der Waals surface area contributed by atoms with Gasteiger partial charge in [0, 0.05) is 19.2 Å². The summed E-state index contributed by atoms with van der Waals surface area (Å²) in [7, 11) is 0. The molecule has 6 heteroatoms. The van der Waals surface area contributed by atoms with E-state index in [-0.39, 0.29) is 11.9 Å². The number of aromatic nitrogens is 2. The molecule has 0 N–H and O–H groups in total. The molecule has 1 aromatic rings. The molecule has 118 valence electrons. The van der Waals surface area contributed by atoms with Crippen LogP contribution in [0.5, 0.6) is 5.88 Å². The van der Waals surface area contributed by atoms with Gasteiger partial charge in [0.05, 0.1) is 12.5 Å². The Balaban J connectivity index is 1.91. The Kier molecular flexibility index (Phi) is 6.01. The second-order valence-electron chi connectivity index (χ2n) is 4.94. The van der Waals surface area contributed by atoms with E-state index in [0.29, 0.717) is 19.1 Å². The van der Waals surface area contributed by atoms with Gasteiger partial charge in [-0.25, -0.2) is 9.97 Å². The van der Waals surface area contributed by atoms with Crippen molar-refractivity contribution in [3.8, 4) is 17.7 Å². The number of piperidine rings is 1. The van der Waals surface area contributed by atoms with Crippen molar-refractivity contribution in [1.29, 1.82) is 0 Å². The van der Waals surface area contributed by atoms with Crippen molar-refractivity contribution in [2.45, 2.75) is 26.7 Å². The van der Waals surface area contributed by atoms with E-state index < -0.39 is 0 Å². The lowest BCUT2D eigenvalue weighted by Crippen LogP contribution is -2.37. The highest BCUT2D eigenvalue weighted by atomic mass is 16.5. The molecule has 0 spiro atoms. The third-order valence-electron chi connectivity index (χ3n) is 3.54. The first-order chi connectivity index (χ1) is 10.7. The van der Waals surface area contributed by atoms with Gasteiger partial charge in [0.2, 0.25) is 5.88 Å². The van der Waals surface area contributed by atoms with Crippen LogP contribution in [-0.4, -0.2) is 42.2 Å². The zero-order valence-corrected chi connectivity index (χ0v) is 13.0. The number of carbonyl (C=O) groups is 1. The lowest BCUT2D eigenvalue weighted by atomic mass is 9.97. The van der Waals surface area contributed by atoms with Crippen molar-refractivity contribution in [1.82, 2.24) is 9.97 Å². The standard InChI is InChI=1S/C16H21N3O3/c1-3-5-10-22-15-11-14(17-12-18-15)19-8-6-13(7-9-19)16(20)21-4-2/h11-13H,4,6-10H2,1-2H3. The summed E-state index contributed by atoms with van der Waals surface area (Å²) in [5.74, 6) is 6.83. The number of hydrogen-bond donors (Lipinski definition) is 0. The number of nitrogens with zero attached hydrogens (tertiary/aromatic N) is 3. The average molecular weight is 303 g/mol. The van der Waals surface area contributed by atoms with E-state index in [1.807, 2.05) is 13.0 Å². The van der Waals surface area contributed by atoms with E-state index in [1.54, 1.807) is 6.92 Å². The minimum Gasteiger partial charge on any atom is -0.466 e. The quantitative estimate of drug-likeness (QED) is 0.609. The van der Waals surface area contributed by atoms with Crippen molar-refractivity contribution in [2.75, 3.05) is 31.2 Å². The number of ether oxygens (including phenoxy) is 2. The minimum absolute atomic E-state index is 0.00594. The number of esters is 1. The molecule has 6 nitrogen and oxygen atoms in total. The summed E-state index contributed by atoms with van der Waals surface area (Å²) >= 11 is 0. The van der Waals surface area contributed by atoms with Gasteiger partial charge in [-0.3, -0.25) is 4.79 Å². The van der Waals surface area contributed by atoms with Crippen LogP contribution in [0.1, 0.15) is 26.7 Å². The van der Waals surface area contributed by atoms with Crippen molar-refractivity contribution >= 4 is 11.8 Å². The van der Waals surface area contributed by atoms with E-state index in [9.17, 15) is 4.79 Å². The Morgan fingerprint density at radius 3 is 2.86 bits per heavy atom. The molecule has 2 heterocycles. The van der Waals surface area contributed by atoms with E-state index in [4.69, 9.17) is 9.47 Å². The first-order valence-corrected chi connectivity index (χ1v) is 7.50. The molecule has 2 rings (SSSR count). The van der Waals surface area contributed by atoms with Gasteiger partial charge < -0.3 is 14.4 Å². The Morgan fingerprint density at radius 2 is 2.18 bits per heavy atom. The molecule has 0 atom stereocenters. The van der Waals surface area contributed by atoms with Crippen LogP contribution in [0.25, 0.3) is 0 Å².